The summed E-state index contributed by atoms with van der Waals surface area (Å²) in [7, 11) is 0. The van der Waals surface area contributed by atoms with Gasteiger partial charge in [-0.15, -0.1) is 0 Å². The van der Waals surface area contributed by atoms with E-state index < -0.39 is 12.0 Å². The van der Waals surface area contributed by atoms with Gasteiger partial charge >= 0.3 is 5.97 Å². The van der Waals surface area contributed by atoms with Crippen molar-refractivity contribution in [3.05, 3.63) is 41.0 Å². The summed E-state index contributed by atoms with van der Waals surface area (Å²) in [4.78, 5) is 39.3. The van der Waals surface area contributed by atoms with Gasteiger partial charge in [0, 0.05) is 11.1 Å². The summed E-state index contributed by atoms with van der Waals surface area (Å²) in [5.41, 5.74) is 1.60. The van der Waals surface area contributed by atoms with Crippen LogP contribution >= 0.6 is 0 Å². The third-order valence-corrected chi connectivity index (χ3v) is 4.14. The molecule has 23 heavy (non-hydrogen) atoms. The number of fused-ring (bicyclic) bond motifs is 3. The molecule has 0 N–H and O–H groups in total. The lowest BCUT2D eigenvalue weighted by molar-refractivity contribution is -0.140. The van der Waals surface area contributed by atoms with Gasteiger partial charge in [-0.25, -0.2) is 4.79 Å². The van der Waals surface area contributed by atoms with Crippen molar-refractivity contribution in [3.8, 4) is 0 Å². The van der Waals surface area contributed by atoms with Crippen LogP contribution in [0.5, 0.6) is 0 Å². The summed E-state index contributed by atoms with van der Waals surface area (Å²) >= 11 is 0. The van der Waals surface area contributed by atoms with Crippen LogP contribution in [0, 0.1) is 5.92 Å². The molecule has 3 rings (SSSR count). The second-order valence-electron chi connectivity index (χ2n) is 6.17. The van der Waals surface area contributed by atoms with E-state index in [2.05, 4.69) is 0 Å². The summed E-state index contributed by atoms with van der Waals surface area (Å²) in [5.74, 6) is -0.944. The molecule has 1 aromatic carbocycles. The molecule has 5 nitrogen and oxygen atoms in total. The molecular weight excluding hydrogens is 294 g/mol. The number of nitrogens with zero attached hydrogens (tertiary/aromatic N) is 1. The molecule has 1 aromatic rings. The zero-order valence-corrected chi connectivity index (χ0v) is 13.5. The molecule has 0 saturated heterocycles. The van der Waals surface area contributed by atoms with Gasteiger partial charge in [0.25, 0.3) is 5.91 Å². The smallest absolute Gasteiger partial charge is 0.344 e. The highest BCUT2D eigenvalue weighted by Crippen LogP contribution is 2.43. The third-order valence-electron chi connectivity index (χ3n) is 4.14. The second kappa shape index (κ2) is 5.65. The number of ether oxygens (including phenoxy) is 1. The summed E-state index contributed by atoms with van der Waals surface area (Å²) < 4.78 is 5.05. The first-order valence-corrected chi connectivity index (χ1v) is 7.85. The summed E-state index contributed by atoms with van der Waals surface area (Å²) in [5, 5.41) is 0. The Morgan fingerprint density at radius 2 is 1.87 bits per heavy atom. The number of amides is 1. The highest BCUT2D eigenvalue weighted by atomic mass is 16.5. The minimum Gasteiger partial charge on any atom is -0.462 e. The number of carbonyl (C=O) groups is 3. The van der Waals surface area contributed by atoms with Gasteiger partial charge in [0.2, 0.25) is 0 Å². The third kappa shape index (κ3) is 2.27. The van der Waals surface area contributed by atoms with Gasteiger partial charge in [0.05, 0.1) is 12.3 Å². The molecule has 0 fully saturated rings. The monoisotopic (exact) mass is 313 g/mol. The van der Waals surface area contributed by atoms with Gasteiger partial charge in [-0.05, 0) is 25.3 Å². The Bertz CT molecular complexity index is 732. The summed E-state index contributed by atoms with van der Waals surface area (Å²) in [6, 6.07) is 6.45. The lowest BCUT2D eigenvalue weighted by Gasteiger charge is -2.22. The molecule has 2 heterocycles. The molecule has 0 spiro atoms. The van der Waals surface area contributed by atoms with Gasteiger partial charge in [-0.1, -0.05) is 32.0 Å². The maximum absolute atomic E-state index is 12.8. The zero-order chi connectivity index (χ0) is 16.7. The summed E-state index contributed by atoms with van der Waals surface area (Å²) in [6.07, 6.45) is 0.519. The van der Waals surface area contributed by atoms with Crippen molar-refractivity contribution < 1.29 is 19.1 Å². The average molecular weight is 313 g/mol. The van der Waals surface area contributed by atoms with Gasteiger partial charge in [0.15, 0.2) is 5.78 Å². The maximum Gasteiger partial charge on any atom is 0.344 e. The van der Waals surface area contributed by atoms with E-state index in [-0.39, 0.29) is 29.8 Å². The van der Waals surface area contributed by atoms with E-state index in [1.807, 2.05) is 13.8 Å². The largest absolute Gasteiger partial charge is 0.462 e. The average Bonchev–Trinajstić information content (AvgIpc) is 2.94. The molecule has 120 valence electrons. The van der Waals surface area contributed by atoms with E-state index in [9.17, 15) is 14.4 Å². The molecule has 1 amide bonds. The molecule has 0 aromatic heterocycles. The molecule has 0 radical (unpaired) electrons. The Kier molecular flexibility index (Phi) is 3.80. The number of Topliss-reactive ketones (excluding diaryl/α,β-unsaturated/α-hetero) is 1. The number of benzene rings is 1. The maximum atomic E-state index is 12.8. The van der Waals surface area contributed by atoms with Crippen LogP contribution in [0.4, 0.5) is 0 Å². The SMILES string of the molecule is CCOC(=O)C1=C2c3ccccc3C(=O)N2C(CC(C)C)C1=O. The summed E-state index contributed by atoms with van der Waals surface area (Å²) in [6.45, 7) is 5.86. The fourth-order valence-corrected chi connectivity index (χ4v) is 3.25. The van der Waals surface area contributed by atoms with Crippen LogP contribution < -0.4 is 0 Å². The van der Waals surface area contributed by atoms with E-state index in [1.54, 1.807) is 31.2 Å². The zero-order valence-electron chi connectivity index (χ0n) is 13.5. The predicted molar refractivity (Wildman–Crippen MR) is 84.4 cm³/mol. The first-order chi connectivity index (χ1) is 11.0. The van der Waals surface area contributed by atoms with Crippen molar-refractivity contribution in [1.82, 2.24) is 4.90 Å². The predicted octanol–water partition coefficient (Wildman–Crippen LogP) is 2.41. The van der Waals surface area contributed by atoms with Gasteiger partial charge in [0.1, 0.15) is 11.6 Å². The van der Waals surface area contributed by atoms with Crippen molar-refractivity contribution in [3.63, 3.8) is 0 Å². The number of esters is 1. The molecule has 1 unspecified atom stereocenters. The Balaban J connectivity index is 2.17. The lowest BCUT2D eigenvalue weighted by atomic mass is 9.96. The number of carbonyl (C=O) groups excluding carboxylic acids is 3. The molecular formula is C18H19NO4. The van der Waals surface area contributed by atoms with E-state index in [1.165, 1.54) is 4.90 Å². The fourth-order valence-electron chi connectivity index (χ4n) is 3.25. The van der Waals surface area contributed by atoms with Crippen LogP contribution in [0.1, 0.15) is 43.1 Å². The minimum absolute atomic E-state index is 0.0100. The number of hydrogen-bond donors (Lipinski definition) is 0. The Hall–Kier alpha value is -2.43. The van der Waals surface area contributed by atoms with E-state index in [0.717, 1.165) is 0 Å². The first kappa shape index (κ1) is 15.5. The van der Waals surface area contributed by atoms with Gasteiger partial charge < -0.3 is 4.74 Å². The van der Waals surface area contributed by atoms with Crippen molar-refractivity contribution in [2.75, 3.05) is 6.61 Å². The van der Waals surface area contributed by atoms with Gasteiger partial charge in [-0.3, -0.25) is 14.5 Å². The molecule has 0 bridgehead atoms. The van der Waals surface area contributed by atoms with Gasteiger partial charge in [-0.2, -0.15) is 0 Å². The quantitative estimate of drug-likeness (QED) is 0.632. The molecule has 2 aliphatic heterocycles. The van der Waals surface area contributed by atoms with Crippen LogP contribution in [0.25, 0.3) is 5.70 Å². The van der Waals surface area contributed by atoms with Crippen molar-refractivity contribution in [2.24, 2.45) is 5.92 Å². The molecule has 1 atom stereocenters. The molecule has 2 aliphatic rings. The molecule has 0 saturated carbocycles. The fraction of sp³-hybridized carbons (Fsp3) is 0.389. The van der Waals surface area contributed by atoms with Crippen molar-refractivity contribution in [1.29, 1.82) is 0 Å². The number of hydrogen-bond acceptors (Lipinski definition) is 4. The van der Waals surface area contributed by atoms with Crippen molar-refractivity contribution in [2.45, 2.75) is 33.2 Å². The van der Waals surface area contributed by atoms with Crippen molar-refractivity contribution >= 4 is 23.4 Å². The molecule has 5 heteroatoms. The minimum atomic E-state index is -0.645. The van der Waals surface area contributed by atoms with Crippen LogP contribution in [-0.2, 0) is 14.3 Å². The Labute approximate surface area is 134 Å². The Morgan fingerprint density at radius 3 is 2.48 bits per heavy atom. The van der Waals surface area contributed by atoms with Crippen LogP contribution in [0.15, 0.2) is 29.8 Å². The first-order valence-electron chi connectivity index (χ1n) is 7.85. The second-order valence-corrected chi connectivity index (χ2v) is 6.17. The Morgan fingerprint density at radius 1 is 1.22 bits per heavy atom. The number of rotatable bonds is 4. The van der Waals surface area contributed by atoms with E-state index in [0.29, 0.717) is 23.2 Å². The van der Waals surface area contributed by atoms with E-state index >= 15 is 0 Å². The standard InChI is InChI=1S/C18H19NO4/c1-4-23-18(22)14-15-11-7-5-6-8-12(11)17(21)19(15)13(16(14)20)9-10(2)3/h5-8,10,13H,4,9H2,1-3H3. The van der Waals surface area contributed by atoms with Crippen LogP contribution in [0.3, 0.4) is 0 Å². The highest BCUT2D eigenvalue weighted by Gasteiger charge is 2.50. The van der Waals surface area contributed by atoms with Crippen LogP contribution in [-0.4, -0.2) is 35.2 Å². The normalized spacial score (nSPS) is 19.5. The molecule has 0 aliphatic carbocycles. The highest BCUT2D eigenvalue weighted by molar-refractivity contribution is 6.32. The van der Waals surface area contributed by atoms with E-state index in [4.69, 9.17) is 4.74 Å². The lowest BCUT2D eigenvalue weighted by Crippen LogP contribution is -2.37. The number of ketones is 1. The van der Waals surface area contributed by atoms with Crippen LogP contribution in [0.2, 0.25) is 0 Å². The topological polar surface area (TPSA) is 63.7 Å².